The lowest BCUT2D eigenvalue weighted by molar-refractivity contribution is 0.474. The zero-order valence-electron chi connectivity index (χ0n) is 6.04. The van der Waals surface area contributed by atoms with Gasteiger partial charge in [-0.25, -0.2) is 0 Å². The molecule has 3 N–H and O–H groups in total. The average molecular weight is 115 g/mol. The Kier molecular flexibility index (Phi) is 2.48. The first kappa shape index (κ1) is 7.96. The van der Waals surface area contributed by atoms with Crippen LogP contribution in [-0.2, 0) is 0 Å². The molecule has 1 fully saturated rings. The summed E-state index contributed by atoms with van der Waals surface area (Å²) in [5, 5.41) is 0. The van der Waals surface area contributed by atoms with E-state index in [4.69, 9.17) is 0 Å². The molecular weight excluding hydrogens is 98.1 g/mol. The van der Waals surface area contributed by atoms with E-state index in [2.05, 4.69) is 13.8 Å². The maximum Gasteiger partial charge on any atom is -0.0302 e. The summed E-state index contributed by atoms with van der Waals surface area (Å²) in [4.78, 5) is 0. The molecule has 0 saturated heterocycles. The van der Waals surface area contributed by atoms with Crippen molar-refractivity contribution >= 4 is 0 Å². The van der Waals surface area contributed by atoms with Gasteiger partial charge in [0, 0.05) is 0 Å². The first-order valence-electron chi connectivity index (χ1n) is 3.33. The molecule has 0 unspecified atom stereocenters. The molecule has 0 atom stereocenters. The van der Waals surface area contributed by atoms with Gasteiger partial charge in [0.05, 0.1) is 0 Å². The highest BCUT2D eigenvalue weighted by atomic mass is 14.4. The van der Waals surface area contributed by atoms with Gasteiger partial charge in [-0.2, -0.15) is 0 Å². The second-order valence-corrected chi connectivity index (χ2v) is 2.71. The predicted octanol–water partition coefficient (Wildman–Crippen LogP) is 2.75. The summed E-state index contributed by atoms with van der Waals surface area (Å²) in [7, 11) is 0. The zero-order chi connectivity index (χ0) is 5.33. The minimum atomic E-state index is 0. The molecule has 0 heterocycles. The average Bonchev–Trinajstić information content (AvgIpc) is 2.46. The van der Waals surface area contributed by atoms with E-state index >= 15 is 0 Å². The standard InChI is InChI=1S/C7H14.H3N/c1-3-7(4-2)5-6-7;/h3-6H2,1-2H3;1H3. The number of hydrogen-bond acceptors (Lipinski definition) is 1. The fourth-order valence-electron chi connectivity index (χ4n) is 1.13. The second-order valence-electron chi connectivity index (χ2n) is 2.71. The van der Waals surface area contributed by atoms with Crippen molar-refractivity contribution in [3.05, 3.63) is 0 Å². The van der Waals surface area contributed by atoms with Gasteiger partial charge in [-0.15, -0.1) is 0 Å². The first-order chi connectivity index (χ1) is 3.33. The van der Waals surface area contributed by atoms with E-state index in [1.54, 1.807) is 0 Å². The maximum atomic E-state index is 2.30. The Morgan fingerprint density at radius 1 is 1.12 bits per heavy atom. The third-order valence-corrected chi connectivity index (χ3v) is 2.46. The molecule has 0 aromatic rings. The van der Waals surface area contributed by atoms with Crippen molar-refractivity contribution in [2.24, 2.45) is 5.41 Å². The van der Waals surface area contributed by atoms with E-state index in [0.29, 0.717) is 0 Å². The summed E-state index contributed by atoms with van der Waals surface area (Å²) in [5.74, 6) is 0. The lowest BCUT2D eigenvalue weighted by Crippen LogP contribution is -1.92. The molecule has 8 heavy (non-hydrogen) atoms. The molecule has 0 aromatic heterocycles. The summed E-state index contributed by atoms with van der Waals surface area (Å²) in [6.07, 6.45) is 5.81. The van der Waals surface area contributed by atoms with Gasteiger partial charge in [-0.3, -0.25) is 0 Å². The normalized spacial score (nSPS) is 21.8. The molecular formula is C7H17N. The highest BCUT2D eigenvalue weighted by molar-refractivity contribution is 4.89. The Hall–Kier alpha value is -0.0400. The number of hydrogen-bond donors (Lipinski definition) is 1. The van der Waals surface area contributed by atoms with Gasteiger partial charge < -0.3 is 6.15 Å². The second kappa shape index (κ2) is 2.49. The molecule has 0 aliphatic heterocycles. The summed E-state index contributed by atoms with van der Waals surface area (Å²) in [5.41, 5.74) is 0.833. The van der Waals surface area contributed by atoms with E-state index < -0.39 is 0 Å². The van der Waals surface area contributed by atoms with Gasteiger partial charge in [0.1, 0.15) is 0 Å². The third kappa shape index (κ3) is 1.22. The third-order valence-electron chi connectivity index (χ3n) is 2.46. The summed E-state index contributed by atoms with van der Waals surface area (Å²) < 4.78 is 0. The predicted molar refractivity (Wildman–Crippen MR) is 37.3 cm³/mol. The maximum absolute atomic E-state index is 2.30. The first-order valence-corrected chi connectivity index (χ1v) is 3.33. The fourth-order valence-corrected chi connectivity index (χ4v) is 1.13. The van der Waals surface area contributed by atoms with Crippen molar-refractivity contribution < 1.29 is 0 Å². The minimum Gasteiger partial charge on any atom is -0.344 e. The Labute approximate surface area is 52.1 Å². The van der Waals surface area contributed by atoms with E-state index in [1.807, 2.05) is 0 Å². The van der Waals surface area contributed by atoms with Crippen LogP contribution in [0.4, 0.5) is 0 Å². The minimum absolute atomic E-state index is 0. The zero-order valence-corrected chi connectivity index (χ0v) is 6.04. The van der Waals surface area contributed by atoms with Crippen molar-refractivity contribution in [2.45, 2.75) is 39.5 Å². The molecule has 1 aliphatic rings. The van der Waals surface area contributed by atoms with Crippen molar-refractivity contribution in [3.63, 3.8) is 0 Å². The van der Waals surface area contributed by atoms with Gasteiger partial charge in [-0.1, -0.05) is 26.7 Å². The van der Waals surface area contributed by atoms with Crippen molar-refractivity contribution in [3.8, 4) is 0 Å². The quantitative estimate of drug-likeness (QED) is 0.590. The smallest absolute Gasteiger partial charge is 0.0302 e. The highest BCUT2D eigenvalue weighted by Crippen LogP contribution is 2.51. The Balaban J connectivity index is 0.000000490. The van der Waals surface area contributed by atoms with Crippen LogP contribution in [0.15, 0.2) is 0 Å². The van der Waals surface area contributed by atoms with Crippen LogP contribution in [0.2, 0.25) is 0 Å². The van der Waals surface area contributed by atoms with E-state index in [9.17, 15) is 0 Å². The van der Waals surface area contributed by atoms with Crippen LogP contribution in [0, 0.1) is 5.41 Å². The van der Waals surface area contributed by atoms with Gasteiger partial charge >= 0.3 is 0 Å². The summed E-state index contributed by atoms with van der Waals surface area (Å²) in [6.45, 7) is 4.60. The monoisotopic (exact) mass is 115 g/mol. The molecule has 1 aliphatic carbocycles. The molecule has 0 amide bonds. The van der Waals surface area contributed by atoms with Crippen LogP contribution in [-0.4, -0.2) is 0 Å². The molecule has 0 radical (unpaired) electrons. The highest BCUT2D eigenvalue weighted by Gasteiger charge is 2.37. The van der Waals surface area contributed by atoms with Gasteiger partial charge in [-0.05, 0) is 18.3 Å². The lowest BCUT2D eigenvalue weighted by Gasteiger charge is -2.04. The van der Waals surface area contributed by atoms with Crippen molar-refractivity contribution in [1.82, 2.24) is 6.15 Å². The van der Waals surface area contributed by atoms with Crippen LogP contribution in [0.3, 0.4) is 0 Å². The van der Waals surface area contributed by atoms with Crippen LogP contribution in [0.1, 0.15) is 39.5 Å². The summed E-state index contributed by atoms with van der Waals surface area (Å²) >= 11 is 0. The number of rotatable bonds is 2. The fraction of sp³-hybridized carbons (Fsp3) is 1.00. The Morgan fingerprint density at radius 2 is 1.50 bits per heavy atom. The molecule has 50 valence electrons. The van der Waals surface area contributed by atoms with Gasteiger partial charge in [0.15, 0.2) is 0 Å². The Morgan fingerprint density at radius 3 is 1.50 bits per heavy atom. The van der Waals surface area contributed by atoms with E-state index in [1.165, 1.54) is 25.7 Å². The molecule has 1 heteroatoms. The molecule has 1 saturated carbocycles. The van der Waals surface area contributed by atoms with Gasteiger partial charge in [0.25, 0.3) is 0 Å². The van der Waals surface area contributed by atoms with Crippen LogP contribution in [0.25, 0.3) is 0 Å². The van der Waals surface area contributed by atoms with E-state index in [-0.39, 0.29) is 6.15 Å². The topological polar surface area (TPSA) is 35.0 Å². The SMILES string of the molecule is CCC1(CC)CC1.N. The molecule has 0 bridgehead atoms. The Bertz CT molecular complexity index is 58.8. The molecule has 0 aromatic carbocycles. The van der Waals surface area contributed by atoms with Crippen LogP contribution >= 0.6 is 0 Å². The molecule has 0 spiro atoms. The molecule has 1 nitrogen and oxygen atoms in total. The largest absolute Gasteiger partial charge is 0.344 e. The van der Waals surface area contributed by atoms with Crippen LogP contribution in [0.5, 0.6) is 0 Å². The van der Waals surface area contributed by atoms with Gasteiger partial charge in [0.2, 0.25) is 0 Å². The van der Waals surface area contributed by atoms with E-state index in [0.717, 1.165) is 5.41 Å². The van der Waals surface area contributed by atoms with Crippen molar-refractivity contribution in [2.75, 3.05) is 0 Å². The van der Waals surface area contributed by atoms with Crippen LogP contribution < -0.4 is 6.15 Å². The molecule has 1 rings (SSSR count). The summed E-state index contributed by atoms with van der Waals surface area (Å²) in [6, 6.07) is 0. The lowest BCUT2D eigenvalue weighted by atomic mass is 10.0. The van der Waals surface area contributed by atoms with Crippen molar-refractivity contribution in [1.29, 1.82) is 0 Å².